The summed E-state index contributed by atoms with van der Waals surface area (Å²) in [5.41, 5.74) is 6.54. The fraction of sp³-hybridized carbons (Fsp3) is 0.600. The van der Waals surface area contributed by atoms with Gasteiger partial charge in [-0.05, 0) is 25.5 Å². The lowest BCUT2D eigenvalue weighted by atomic mass is 10.00. The van der Waals surface area contributed by atoms with Crippen LogP contribution in [0.2, 0.25) is 5.02 Å². The molecule has 3 atom stereocenters. The highest BCUT2D eigenvalue weighted by Crippen LogP contribution is 2.29. The molecule has 0 aliphatic carbocycles. The van der Waals surface area contributed by atoms with Crippen molar-refractivity contribution in [2.24, 2.45) is 5.73 Å². The Bertz CT molecular complexity index is 457. The Morgan fingerprint density at radius 2 is 2.30 bits per heavy atom. The van der Waals surface area contributed by atoms with Crippen LogP contribution in [0.3, 0.4) is 0 Å². The van der Waals surface area contributed by atoms with Gasteiger partial charge in [-0.2, -0.15) is 0 Å². The maximum atomic E-state index is 14.2. The number of benzene rings is 1. The average molecular weight is 301 g/mol. The molecule has 3 unspecified atom stereocenters. The molecule has 1 saturated heterocycles. The molecule has 3 nitrogen and oxygen atoms in total. The number of nitrogens with zero attached hydrogens (tertiary/aromatic N) is 1. The van der Waals surface area contributed by atoms with E-state index < -0.39 is 0 Å². The van der Waals surface area contributed by atoms with Crippen LogP contribution in [-0.2, 0) is 4.74 Å². The summed E-state index contributed by atoms with van der Waals surface area (Å²) in [5.74, 6) is -0.290. The molecular weight excluding hydrogens is 279 g/mol. The van der Waals surface area contributed by atoms with E-state index in [1.807, 2.05) is 6.92 Å². The molecular formula is C15H22ClFN2O. The van der Waals surface area contributed by atoms with Crippen molar-refractivity contribution in [2.45, 2.75) is 38.5 Å². The molecule has 2 N–H and O–H groups in total. The molecule has 20 heavy (non-hydrogen) atoms. The number of ether oxygens (including phenoxy) is 1. The predicted octanol–water partition coefficient (Wildman–Crippen LogP) is 2.98. The zero-order chi connectivity index (χ0) is 14.7. The summed E-state index contributed by atoms with van der Waals surface area (Å²) in [6, 6.07) is 4.94. The number of hydrogen-bond donors (Lipinski definition) is 1. The minimum absolute atomic E-state index is 0.136. The smallest absolute Gasteiger partial charge is 0.129 e. The molecule has 0 spiro atoms. The number of hydrogen-bond acceptors (Lipinski definition) is 3. The summed E-state index contributed by atoms with van der Waals surface area (Å²) >= 11 is 5.82. The van der Waals surface area contributed by atoms with Crippen molar-refractivity contribution in [3.8, 4) is 0 Å². The second kappa shape index (κ2) is 6.85. The van der Waals surface area contributed by atoms with Gasteiger partial charge in [0.1, 0.15) is 5.82 Å². The van der Waals surface area contributed by atoms with E-state index in [1.165, 1.54) is 6.07 Å². The van der Waals surface area contributed by atoms with Gasteiger partial charge in [-0.3, -0.25) is 4.90 Å². The van der Waals surface area contributed by atoms with Crippen LogP contribution in [0.5, 0.6) is 0 Å². The van der Waals surface area contributed by atoms with E-state index >= 15 is 0 Å². The van der Waals surface area contributed by atoms with Crippen LogP contribution in [0.25, 0.3) is 0 Å². The first kappa shape index (κ1) is 15.7. The molecule has 1 fully saturated rings. The number of halogens is 2. The largest absolute Gasteiger partial charge is 0.376 e. The van der Waals surface area contributed by atoms with Crippen molar-refractivity contribution >= 4 is 11.6 Å². The topological polar surface area (TPSA) is 38.5 Å². The van der Waals surface area contributed by atoms with Gasteiger partial charge in [0, 0.05) is 29.7 Å². The highest BCUT2D eigenvalue weighted by molar-refractivity contribution is 6.30. The Morgan fingerprint density at radius 3 is 2.90 bits per heavy atom. The van der Waals surface area contributed by atoms with Crippen LogP contribution in [0.4, 0.5) is 4.39 Å². The van der Waals surface area contributed by atoms with Crippen molar-refractivity contribution in [2.75, 3.05) is 19.7 Å². The first-order valence-corrected chi connectivity index (χ1v) is 7.47. The Hall–Kier alpha value is -0.680. The summed E-state index contributed by atoms with van der Waals surface area (Å²) < 4.78 is 19.9. The third-order valence-electron chi connectivity index (χ3n) is 3.93. The monoisotopic (exact) mass is 300 g/mol. The average Bonchev–Trinajstić information content (AvgIpc) is 2.42. The highest BCUT2D eigenvalue weighted by Gasteiger charge is 2.32. The van der Waals surface area contributed by atoms with E-state index in [2.05, 4.69) is 11.8 Å². The van der Waals surface area contributed by atoms with Gasteiger partial charge in [0.25, 0.3) is 0 Å². The van der Waals surface area contributed by atoms with Crippen molar-refractivity contribution in [1.29, 1.82) is 0 Å². The van der Waals surface area contributed by atoms with Crippen molar-refractivity contribution in [3.63, 3.8) is 0 Å². The van der Waals surface area contributed by atoms with E-state index in [4.69, 9.17) is 22.1 Å². The lowest BCUT2D eigenvalue weighted by molar-refractivity contribution is -0.0723. The molecule has 0 aromatic heterocycles. The van der Waals surface area contributed by atoms with E-state index in [1.54, 1.807) is 12.1 Å². The van der Waals surface area contributed by atoms with E-state index in [-0.39, 0.29) is 24.0 Å². The van der Waals surface area contributed by atoms with Crippen LogP contribution in [0.1, 0.15) is 31.9 Å². The second-order valence-electron chi connectivity index (χ2n) is 5.32. The first-order chi connectivity index (χ1) is 9.56. The fourth-order valence-corrected chi connectivity index (χ4v) is 2.98. The third-order valence-corrected chi connectivity index (χ3v) is 4.16. The van der Waals surface area contributed by atoms with E-state index in [9.17, 15) is 4.39 Å². The van der Waals surface area contributed by atoms with Crippen LogP contribution >= 0.6 is 11.6 Å². The standard InChI is InChI=1S/C15H22ClFN2O/c1-3-12-9-20-10(2)8-19(12)15(7-18)13-5-4-11(16)6-14(13)17/h4-6,10,12,15H,3,7-9,18H2,1-2H3. The van der Waals surface area contributed by atoms with Crippen molar-refractivity contribution in [1.82, 2.24) is 4.90 Å². The molecule has 1 aliphatic rings. The van der Waals surface area contributed by atoms with Gasteiger partial charge in [0.15, 0.2) is 0 Å². The Kier molecular flexibility index (Phi) is 5.38. The summed E-state index contributed by atoms with van der Waals surface area (Å²) in [6.07, 6.45) is 1.10. The molecule has 0 bridgehead atoms. The Labute approximate surface area is 124 Å². The van der Waals surface area contributed by atoms with Gasteiger partial charge in [0.05, 0.1) is 18.8 Å². The molecule has 5 heteroatoms. The van der Waals surface area contributed by atoms with Gasteiger partial charge < -0.3 is 10.5 Å². The van der Waals surface area contributed by atoms with Crippen LogP contribution < -0.4 is 5.73 Å². The van der Waals surface area contributed by atoms with Crippen LogP contribution in [-0.4, -0.2) is 36.7 Å². The molecule has 1 aliphatic heterocycles. The lowest BCUT2D eigenvalue weighted by Gasteiger charge is -2.43. The molecule has 2 rings (SSSR count). The molecule has 1 heterocycles. The normalized spacial score (nSPS) is 25.6. The highest BCUT2D eigenvalue weighted by atomic mass is 35.5. The van der Waals surface area contributed by atoms with Gasteiger partial charge in [0.2, 0.25) is 0 Å². The van der Waals surface area contributed by atoms with E-state index in [0.717, 1.165) is 13.0 Å². The maximum absolute atomic E-state index is 14.2. The summed E-state index contributed by atoms with van der Waals surface area (Å²) in [4.78, 5) is 2.26. The fourth-order valence-electron chi connectivity index (χ4n) is 2.82. The van der Waals surface area contributed by atoms with Gasteiger partial charge in [-0.25, -0.2) is 4.39 Å². The van der Waals surface area contributed by atoms with Crippen molar-refractivity contribution < 1.29 is 9.13 Å². The van der Waals surface area contributed by atoms with Crippen molar-refractivity contribution in [3.05, 3.63) is 34.6 Å². The molecule has 0 saturated carbocycles. The van der Waals surface area contributed by atoms with Crippen LogP contribution in [0, 0.1) is 5.82 Å². The number of rotatable bonds is 4. The van der Waals surface area contributed by atoms with E-state index in [0.29, 0.717) is 23.7 Å². The molecule has 0 radical (unpaired) electrons. The van der Waals surface area contributed by atoms with Crippen LogP contribution in [0.15, 0.2) is 18.2 Å². The Morgan fingerprint density at radius 1 is 1.55 bits per heavy atom. The minimum atomic E-state index is -0.290. The zero-order valence-corrected chi connectivity index (χ0v) is 12.7. The molecule has 112 valence electrons. The SMILES string of the molecule is CCC1COC(C)CN1C(CN)c1ccc(Cl)cc1F. The molecule has 0 amide bonds. The summed E-state index contributed by atoms with van der Waals surface area (Å²) in [5, 5.41) is 0.407. The summed E-state index contributed by atoms with van der Waals surface area (Å²) in [7, 11) is 0. The second-order valence-corrected chi connectivity index (χ2v) is 5.76. The lowest BCUT2D eigenvalue weighted by Crippen LogP contribution is -2.51. The predicted molar refractivity (Wildman–Crippen MR) is 79.4 cm³/mol. The minimum Gasteiger partial charge on any atom is -0.376 e. The number of nitrogens with two attached hydrogens (primary N) is 1. The maximum Gasteiger partial charge on any atom is 0.129 e. The first-order valence-electron chi connectivity index (χ1n) is 7.09. The zero-order valence-electron chi connectivity index (χ0n) is 12.0. The van der Waals surface area contributed by atoms with Gasteiger partial charge in [-0.1, -0.05) is 24.6 Å². The van der Waals surface area contributed by atoms with Gasteiger partial charge >= 0.3 is 0 Å². The molecule has 1 aromatic rings. The van der Waals surface area contributed by atoms with Gasteiger partial charge in [-0.15, -0.1) is 0 Å². The third kappa shape index (κ3) is 3.31. The number of morpholine rings is 1. The quantitative estimate of drug-likeness (QED) is 0.929. The summed E-state index contributed by atoms with van der Waals surface area (Å²) in [6.45, 7) is 5.96. The Balaban J connectivity index is 2.29. The molecule has 1 aromatic carbocycles.